The molecule has 7 rings (SSSR count). The van der Waals surface area contributed by atoms with Gasteiger partial charge in [-0.3, -0.25) is 34.3 Å². The summed E-state index contributed by atoms with van der Waals surface area (Å²) in [6.45, 7) is 5.13. The molecular formula is C45H58F2N8O7. The summed E-state index contributed by atoms with van der Waals surface area (Å²) < 4.78 is 45.1. The number of benzene rings is 2. The Hall–Kier alpha value is -5.39. The van der Waals surface area contributed by atoms with Crippen LogP contribution in [0.1, 0.15) is 58.3 Å². The monoisotopic (exact) mass is 860 g/mol. The van der Waals surface area contributed by atoms with E-state index in [4.69, 9.17) is 9.47 Å². The summed E-state index contributed by atoms with van der Waals surface area (Å²) in [5, 5.41) is 5.01. The molecule has 4 aliphatic heterocycles. The number of hydrogen-bond acceptors (Lipinski definition) is 11. The third-order valence-electron chi connectivity index (χ3n) is 13.2. The molecule has 334 valence electrons. The number of fused-ring (bicyclic) bond motifs is 1. The Balaban J connectivity index is 0.943. The highest BCUT2D eigenvalue weighted by atomic mass is 19.3. The maximum Gasteiger partial charge on any atom is 0.317 e. The average Bonchev–Trinajstić information content (AvgIpc) is 3.26. The van der Waals surface area contributed by atoms with Gasteiger partial charge in [0.15, 0.2) is 0 Å². The minimum Gasteiger partial charge on any atom is -0.496 e. The second kappa shape index (κ2) is 18.9. The molecule has 5 heterocycles. The lowest BCUT2D eigenvalue weighted by molar-refractivity contribution is -0.137. The first-order chi connectivity index (χ1) is 29.7. The van der Waals surface area contributed by atoms with Crippen LogP contribution in [0, 0.1) is 5.92 Å². The predicted octanol–water partition coefficient (Wildman–Crippen LogP) is 3.49. The van der Waals surface area contributed by atoms with E-state index >= 15 is 8.78 Å². The van der Waals surface area contributed by atoms with Crippen molar-refractivity contribution in [1.82, 2.24) is 34.8 Å². The van der Waals surface area contributed by atoms with Crippen LogP contribution in [-0.4, -0.2) is 141 Å². The highest BCUT2D eigenvalue weighted by molar-refractivity contribution is 6.00. The number of nitrogens with one attached hydrogen (secondary N) is 2. The SMILES string of the molecule is CNC(=O)N1CCc2c(-c3cc(OC)c(CN4CCN(CCC5CCN(c6ccc(C=O)c(CN(C)C7CCC(=O)NC7=O)c6)CC5(F)F)CC4)c(OC)c3)cn(C)c(=O)c2C1. The van der Waals surface area contributed by atoms with Gasteiger partial charge in [0.25, 0.3) is 11.5 Å². The van der Waals surface area contributed by atoms with Gasteiger partial charge in [-0.1, -0.05) is 0 Å². The lowest BCUT2D eigenvalue weighted by atomic mass is 9.89. The van der Waals surface area contributed by atoms with Gasteiger partial charge in [0.2, 0.25) is 11.8 Å². The molecule has 1 aromatic heterocycles. The Kier molecular flexibility index (Phi) is 13.6. The van der Waals surface area contributed by atoms with Crippen molar-refractivity contribution < 1.29 is 37.4 Å². The Morgan fingerprint density at radius 2 is 1.68 bits per heavy atom. The molecule has 2 atom stereocenters. The summed E-state index contributed by atoms with van der Waals surface area (Å²) in [7, 11) is 8.30. The van der Waals surface area contributed by atoms with Gasteiger partial charge in [-0.15, -0.1) is 0 Å². The van der Waals surface area contributed by atoms with Gasteiger partial charge < -0.3 is 34.1 Å². The van der Waals surface area contributed by atoms with Crippen LogP contribution >= 0.6 is 0 Å². The predicted molar refractivity (Wildman–Crippen MR) is 230 cm³/mol. The summed E-state index contributed by atoms with van der Waals surface area (Å²) in [4.78, 5) is 71.3. The summed E-state index contributed by atoms with van der Waals surface area (Å²) in [5.74, 6) is -3.03. The van der Waals surface area contributed by atoms with Crippen LogP contribution < -0.4 is 30.6 Å². The highest BCUT2D eigenvalue weighted by Crippen LogP contribution is 2.40. The topological polar surface area (TPSA) is 149 Å². The number of aromatic nitrogens is 1. The number of nitrogens with zero attached hydrogens (tertiary/aromatic N) is 6. The third-order valence-corrected chi connectivity index (χ3v) is 13.2. The smallest absolute Gasteiger partial charge is 0.317 e. The van der Waals surface area contributed by atoms with Crippen LogP contribution in [0.5, 0.6) is 11.5 Å². The van der Waals surface area contributed by atoms with E-state index in [-0.39, 0.29) is 42.9 Å². The van der Waals surface area contributed by atoms with Gasteiger partial charge in [0.05, 0.1) is 38.9 Å². The van der Waals surface area contributed by atoms with Crippen molar-refractivity contribution >= 4 is 29.8 Å². The number of urea groups is 1. The van der Waals surface area contributed by atoms with E-state index in [9.17, 15) is 24.0 Å². The lowest BCUT2D eigenvalue weighted by Crippen LogP contribution is -2.51. The fourth-order valence-electron chi connectivity index (χ4n) is 9.49. The Morgan fingerprint density at radius 3 is 2.32 bits per heavy atom. The number of aldehydes is 1. The number of rotatable bonds is 13. The number of amides is 4. The standard InChI is InChI=1S/C45H58F2N8O7/c1-48-44(60)54-15-12-34-35(24-51(3)43(59)36(34)26-54)30-21-39(61-4)37(40(22-30)62-5)25-53-18-16-52(17-19-53)13-10-32-11-14-55(28-45(32,46)47)33-7-6-29(27-56)31(20-33)23-50(2)38-8-9-41(57)49-42(38)58/h6-7,20-22,24,27,32,38H,8-19,23,25-26,28H2,1-5H3,(H,48,60)(H,49,57,58). The van der Waals surface area contributed by atoms with E-state index in [2.05, 4.69) is 20.4 Å². The number of likely N-dealkylation sites (N-methyl/N-ethyl adjacent to an activating group) is 1. The molecule has 3 saturated heterocycles. The largest absolute Gasteiger partial charge is 0.496 e. The fourth-order valence-corrected chi connectivity index (χ4v) is 9.49. The number of carbonyl (C=O) groups is 4. The summed E-state index contributed by atoms with van der Waals surface area (Å²) >= 11 is 0. The molecule has 2 N–H and O–H groups in total. The second-order valence-electron chi connectivity index (χ2n) is 17.0. The van der Waals surface area contributed by atoms with Crippen LogP contribution in [0.3, 0.4) is 0 Å². The molecule has 4 amide bonds. The normalized spacial score (nSPS) is 20.8. The number of hydrogen-bond donors (Lipinski definition) is 2. The Morgan fingerprint density at radius 1 is 0.968 bits per heavy atom. The number of imide groups is 1. The minimum absolute atomic E-state index is 0.130. The van der Waals surface area contributed by atoms with Crippen molar-refractivity contribution in [1.29, 1.82) is 0 Å². The molecule has 0 spiro atoms. The number of anilines is 1. The zero-order valence-corrected chi connectivity index (χ0v) is 36.3. The van der Waals surface area contributed by atoms with Gasteiger partial charge in [-0.05, 0) is 86.3 Å². The number of aryl methyl sites for hydroxylation is 1. The molecule has 0 saturated carbocycles. The maximum absolute atomic E-state index is 15.8. The van der Waals surface area contributed by atoms with E-state index in [1.165, 1.54) is 0 Å². The number of methoxy groups -OCH3 is 2. The van der Waals surface area contributed by atoms with Gasteiger partial charge in [0, 0.05) is 107 Å². The number of ether oxygens (including phenoxy) is 2. The van der Waals surface area contributed by atoms with E-state index in [0.29, 0.717) is 85.7 Å². The molecule has 0 radical (unpaired) electrons. The van der Waals surface area contributed by atoms with Gasteiger partial charge >= 0.3 is 6.03 Å². The van der Waals surface area contributed by atoms with E-state index < -0.39 is 24.4 Å². The number of carbonyl (C=O) groups excluding carboxylic acids is 4. The van der Waals surface area contributed by atoms with Crippen LogP contribution in [0.25, 0.3) is 11.1 Å². The van der Waals surface area contributed by atoms with Gasteiger partial charge in [-0.2, -0.15) is 0 Å². The van der Waals surface area contributed by atoms with Crippen molar-refractivity contribution in [3.05, 3.63) is 74.7 Å². The van der Waals surface area contributed by atoms with Crippen molar-refractivity contribution in [2.45, 2.75) is 63.7 Å². The summed E-state index contributed by atoms with van der Waals surface area (Å²) in [6.07, 6.45) is 4.43. The van der Waals surface area contributed by atoms with Crippen molar-refractivity contribution in [3.8, 4) is 22.6 Å². The van der Waals surface area contributed by atoms with Gasteiger partial charge in [-0.25, -0.2) is 13.6 Å². The number of halogens is 2. The first-order valence-corrected chi connectivity index (χ1v) is 21.4. The second-order valence-corrected chi connectivity index (χ2v) is 17.0. The zero-order chi connectivity index (χ0) is 44.3. The molecule has 17 heteroatoms. The van der Waals surface area contributed by atoms with E-state index in [1.54, 1.807) is 72.8 Å². The third kappa shape index (κ3) is 9.49. The molecule has 4 aliphatic rings. The zero-order valence-electron chi connectivity index (χ0n) is 36.3. The van der Waals surface area contributed by atoms with Crippen molar-refractivity contribution in [3.63, 3.8) is 0 Å². The molecule has 2 unspecified atom stereocenters. The fraction of sp³-hybridized carbons (Fsp3) is 0.533. The Labute approximate surface area is 360 Å². The van der Waals surface area contributed by atoms with Crippen LogP contribution in [0.2, 0.25) is 0 Å². The van der Waals surface area contributed by atoms with E-state index in [0.717, 1.165) is 54.7 Å². The molecule has 62 heavy (non-hydrogen) atoms. The number of piperazine rings is 1. The molecular weight excluding hydrogens is 803 g/mol. The van der Waals surface area contributed by atoms with Crippen LogP contribution in [0.4, 0.5) is 19.3 Å². The average molecular weight is 861 g/mol. The summed E-state index contributed by atoms with van der Waals surface area (Å²) in [5.41, 5.74) is 5.71. The molecule has 0 aliphatic carbocycles. The van der Waals surface area contributed by atoms with Gasteiger partial charge in [0.1, 0.15) is 17.8 Å². The molecule has 3 fully saturated rings. The maximum atomic E-state index is 15.8. The first kappa shape index (κ1) is 44.7. The van der Waals surface area contributed by atoms with Crippen LogP contribution in [0.15, 0.2) is 41.3 Å². The number of piperidine rings is 2. The molecule has 15 nitrogen and oxygen atoms in total. The quantitative estimate of drug-likeness (QED) is 0.192. The molecule has 3 aromatic rings. The lowest BCUT2D eigenvalue weighted by Gasteiger charge is -2.41. The van der Waals surface area contributed by atoms with Crippen molar-refractivity contribution in [2.24, 2.45) is 13.0 Å². The van der Waals surface area contributed by atoms with E-state index in [1.807, 2.05) is 18.3 Å². The minimum atomic E-state index is -2.91. The molecule has 2 aromatic carbocycles. The van der Waals surface area contributed by atoms with Crippen molar-refractivity contribution in [2.75, 3.05) is 85.6 Å². The number of alkyl halides is 2. The number of pyridine rings is 1. The van der Waals surface area contributed by atoms with Crippen LogP contribution in [-0.2, 0) is 42.7 Å². The summed E-state index contributed by atoms with van der Waals surface area (Å²) in [6, 6.07) is 8.33. The highest BCUT2D eigenvalue weighted by Gasteiger charge is 2.44. The first-order valence-electron chi connectivity index (χ1n) is 21.4. The Bertz CT molecular complexity index is 2220. The molecule has 0 bridgehead atoms.